The number of rotatable bonds is 5. The van der Waals surface area contributed by atoms with E-state index in [1.54, 1.807) is 18.2 Å². The maximum Gasteiger partial charge on any atom is 0.225 e. The Morgan fingerprint density at radius 3 is 2.72 bits per heavy atom. The number of halogens is 1. The third kappa shape index (κ3) is 4.66. The SMILES string of the molecule is CC(C)S(=O)CCC(=O)Nc1ccc(Cl)cc1N. The van der Waals surface area contributed by atoms with E-state index in [0.717, 1.165) is 0 Å². The first-order valence-electron chi connectivity index (χ1n) is 5.62. The molecule has 0 aliphatic rings. The van der Waals surface area contributed by atoms with Gasteiger partial charge in [0.2, 0.25) is 5.91 Å². The smallest absolute Gasteiger partial charge is 0.225 e. The van der Waals surface area contributed by atoms with Gasteiger partial charge in [0.15, 0.2) is 0 Å². The van der Waals surface area contributed by atoms with Gasteiger partial charge >= 0.3 is 0 Å². The number of carbonyl (C=O) groups excluding carboxylic acids is 1. The first-order chi connectivity index (χ1) is 8.40. The summed E-state index contributed by atoms with van der Waals surface area (Å²) < 4.78 is 11.5. The summed E-state index contributed by atoms with van der Waals surface area (Å²) >= 11 is 5.76. The summed E-state index contributed by atoms with van der Waals surface area (Å²) in [4.78, 5) is 11.6. The summed E-state index contributed by atoms with van der Waals surface area (Å²) in [6.07, 6.45) is 0.215. The number of anilines is 2. The zero-order valence-corrected chi connectivity index (χ0v) is 12.0. The molecule has 0 heterocycles. The molecule has 0 aliphatic heterocycles. The van der Waals surface area contributed by atoms with Crippen LogP contribution in [0.5, 0.6) is 0 Å². The number of hydrogen-bond donors (Lipinski definition) is 2. The van der Waals surface area contributed by atoms with Crippen LogP contribution in [0.4, 0.5) is 11.4 Å². The first-order valence-corrected chi connectivity index (χ1v) is 7.38. The number of benzene rings is 1. The molecule has 18 heavy (non-hydrogen) atoms. The Bertz CT molecular complexity index is 463. The van der Waals surface area contributed by atoms with Crippen LogP contribution < -0.4 is 11.1 Å². The van der Waals surface area contributed by atoms with Crippen LogP contribution >= 0.6 is 11.6 Å². The molecular weight excluding hydrogens is 272 g/mol. The summed E-state index contributed by atoms with van der Waals surface area (Å²) in [7, 11) is -0.973. The Balaban J connectivity index is 2.52. The van der Waals surface area contributed by atoms with E-state index in [4.69, 9.17) is 17.3 Å². The van der Waals surface area contributed by atoms with Crippen LogP contribution in [-0.2, 0) is 15.6 Å². The maximum atomic E-state index is 11.6. The molecule has 0 spiro atoms. The van der Waals surface area contributed by atoms with Crippen molar-refractivity contribution < 1.29 is 9.00 Å². The molecule has 0 fully saturated rings. The normalized spacial score (nSPS) is 12.4. The predicted octanol–water partition coefficient (Wildman–Crippen LogP) is 2.41. The molecule has 0 aromatic heterocycles. The van der Waals surface area contributed by atoms with Gasteiger partial charge in [-0.05, 0) is 18.2 Å². The zero-order valence-electron chi connectivity index (χ0n) is 10.4. The van der Waals surface area contributed by atoms with Gasteiger partial charge < -0.3 is 11.1 Å². The molecule has 0 aliphatic carbocycles. The Morgan fingerprint density at radius 1 is 1.50 bits per heavy atom. The highest BCUT2D eigenvalue weighted by Crippen LogP contribution is 2.22. The largest absolute Gasteiger partial charge is 0.397 e. The molecule has 100 valence electrons. The van der Waals surface area contributed by atoms with Crippen LogP contribution in [0.15, 0.2) is 18.2 Å². The number of nitrogens with one attached hydrogen (secondary N) is 1. The molecule has 0 bridgehead atoms. The van der Waals surface area contributed by atoms with Crippen LogP contribution in [0.1, 0.15) is 20.3 Å². The molecular formula is C12H17ClN2O2S. The van der Waals surface area contributed by atoms with Gasteiger partial charge in [-0.3, -0.25) is 9.00 Å². The number of nitrogens with two attached hydrogens (primary N) is 1. The molecule has 1 unspecified atom stereocenters. The van der Waals surface area contributed by atoms with Crippen LogP contribution in [0.3, 0.4) is 0 Å². The minimum absolute atomic E-state index is 0.0680. The topological polar surface area (TPSA) is 72.2 Å². The van der Waals surface area contributed by atoms with Crippen molar-refractivity contribution in [2.75, 3.05) is 16.8 Å². The van der Waals surface area contributed by atoms with E-state index in [1.165, 1.54) is 0 Å². The number of amides is 1. The van der Waals surface area contributed by atoms with Crippen molar-refractivity contribution in [2.45, 2.75) is 25.5 Å². The van der Waals surface area contributed by atoms with Gasteiger partial charge in [0.25, 0.3) is 0 Å². The molecule has 3 N–H and O–H groups in total. The third-order valence-electron chi connectivity index (χ3n) is 2.34. The molecule has 1 atom stereocenters. The van der Waals surface area contributed by atoms with Gasteiger partial charge in [-0.25, -0.2) is 0 Å². The number of hydrogen-bond acceptors (Lipinski definition) is 3. The summed E-state index contributed by atoms with van der Waals surface area (Å²) in [5, 5.41) is 3.26. The Labute approximate surface area is 114 Å². The van der Waals surface area contributed by atoms with E-state index >= 15 is 0 Å². The second-order valence-electron chi connectivity index (χ2n) is 4.16. The van der Waals surface area contributed by atoms with Crippen LogP contribution in [0.25, 0.3) is 0 Å². The molecule has 1 amide bonds. The van der Waals surface area contributed by atoms with Gasteiger partial charge in [-0.1, -0.05) is 25.4 Å². The van der Waals surface area contributed by atoms with Crippen molar-refractivity contribution in [3.63, 3.8) is 0 Å². The lowest BCUT2D eigenvalue weighted by Crippen LogP contribution is -2.18. The van der Waals surface area contributed by atoms with Gasteiger partial charge in [-0.2, -0.15) is 0 Å². The van der Waals surface area contributed by atoms with Gasteiger partial charge in [-0.15, -0.1) is 0 Å². The molecule has 1 rings (SSSR count). The average Bonchev–Trinajstić information content (AvgIpc) is 2.29. The number of nitrogen functional groups attached to an aromatic ring is 1. The van der Waals surface area contributed by atoms with Crippen LogP contribution in [0.2, 0.25) is 5.02 Å². The molecule has 0 saturated heterocycles. The fourth-order valence-corrected chi connectivity index (χ4v) is 2.33. The van der Waals surface area contributed by atoms with Crippen molar-refractivity contribution in [3.8, 4) is 0 Å². The maximum absolute atomic E-state index is 11.6. The summed E-state index contributed by atoms with van der Waals surface area (Å²) in [5.41, 5.74) is 6.66. The second-order valence-corrected chi connectivity index (χ2v) is 6.71. The fraction of sp³-hybridized carbons (Fsp3) is 0.417. The minimum Gasteiger partial charge on any atom is -0.397 e. The predicted molar refractivity (Wildman–Crippen MR) is 77.3 cm³/mol. The Morgan fingerprint density at radius 2 is 2.17 bits per heavy atom. The summed E-state index contributed by atoms with van der Waals surface area (Å²) in [6, 6.07) is 4.87. The molecule has 4 nitrogen and oxygen atoms in total. The lowest BCUT2D eigenvalue weighted by molar-refractivity contribution is -0.115. The third-order valence-corrected chi connectivity index (χ3v) is 4.24. The van der Waals surface area contributed by atoms with Crippen LogP contribution in [0, 0.1) is 0 Å². The first kappa shape index (κ1) is 15.0. The standard InChI is InChI=1S/C12H17ClN2O2S/c1-8(2)18(17)6-5-12(16)15-11-4-3-9(13)7-10(11)14/h3-4,7-8H,5-6,14H2,1-2H3,(H,15,16). The Hall–Kier alpha value is -1.07. The average molecular weight is 289 g/mol. The number of carbonyl (C=O) groups is 1. The van der Waals surface area contributed by atoms with Crippen molar-refractivity contribution in [1.29, 1.82) is 0 Å². The highest BCUT2D eigenvalue weighted by atomic mass is 35.5. The molecule has 0 saturated carbocycles. The highest BCUT2D eigenvalue weighted by molar-refractivity contribution is 7.85. The van der Waals surface area contributed by atoms with Gasteiger partial charge in [0, 0.05) is 33.2 Å². The zero-order chi connectivity index (χ0) is 13.7. The summed E-state index contributed by atoms with van der Waals surface area (Å²) in [5.74, 6) is 0.162. The lowest BCUT2D eigenvalue weighted by Gasteiger charge is -2.09. The van der Waals surface area contributed by atoms with Crippen molar-refractivity contribution in [1.82, 2.24) is 0 Å². The van der Waals surface area contributed by atoms with Gasteiger partial charge in [0.05, 0.1) is 11.4 Å². The van der Waals surface area contributed by atoms with Crippen molar-refractivity contribution >= 4 is 39.7 Å². The van der Waals surface area contributed by atoms with Crippen molar-refractivity contribution in [3.05, 3.63) is 23.2 Å². The van der Waals surface area contributed by atoms with Crippen LogP contribution in [-0.4, -0.2) is 21.1 Å². The summed E-state index contributed by atoms with van der Waals surface area (Å²) in [6.45, 7) is 3.73. The van der Waals surface area contributed by atoms with E-state index in [2.05, 4.69) is 5.32 Å². The molecule has 1 aromatic carbocycles. The second kappa shape index (κ2) is 6.75. The fourth-order valence-electron chi connectivity index (χ4n) is 1.29. The monoisotopic (exact) mass is 288 g/mol. The van der Waals surface area contributed by atoms with Gasteiger partial charge in [0.1, 0.15) is 0 Å². The van der Waals surface area contributed by atoms with E-state index in [1.807, 2.05) is 13.8 Å². The minimum atomic E-state index is -0.973. The van der Waals surface area contributed by atoms with E-state index < -0.39 is 10.8 Å². The Kier molecular flexibility index (Phi) is 5.62. The van der Waals surface area contributed by atoms with E-state index in [0.29, 0.717) is 22.2 Å². The van der Waals surface area contributed by atoms with Crippen molar-refractivity contribution in [2.24, 2.45) is 0 Å². The molecule has 6 heteroatoms. The van der Waals surface area contributed by atoms with E-state index in [-0.39, 0.29) is 17.6 Å². The molecule has 0 radical (unpaired) electrons. The lowest BCUT2D eigenvalue weighted by atomic mass is 10.2. The highest BCUT2D eigenvalue weighted by Gasteiger charge is 2.10. The van der Waals surface area contributed by atoms with E-state index in [9.17, 15) is 9.00 Å². The molecule has 1 aromatic rings. The quantitative estimate of drug-likeness (QED) is 0.817.